The third-order valence-electron chi connectivity index (χ3n) is 8.00. The molecule has 2 aromatic carbocycles. The zero-order valence-corrected chi connectivity index (χ0v) is 28.1. The van der Waals surface area contributed by atoms with Crippen molar-refractivity contribution < 1.29 is 88.0 Å². The Morgan fingerprint density at radius 2 is 1.33 bits per heavy atom. The van der Waals surface area contributed by atoms with Gasteiger partial charge in [0, 0.05) is 19.1 Å². The number of hydrogen-bond acceptors (Lipinski definition) is 18. The number of esters is 3. The number of phenols is 2. The molecule has 9 atom stereocenters. The second kappa shape index (κ2) is 17.6. The van der Waals surface area contributed by atoms with Gasteiger partial charge in [0.2, 0.25) is 5.79 Å². The highest BCUT2D eigenvalue weighted by atomic mass is 16.8. The number of aromatic hydroxyl groups is 2. The van der Waals surface area contributed by atoms with Gasteiger partial charge in [-0.1, -0.05) is 12.1 Å². The molecule has 4 rings (SSSR count). The number of carbonyl (C=O) groups excluding carboxylic acids is 3. The zero-order chi connectivity index (χ0) is 38.2. The van der Waals surface area contributed by atoms with Gasteiger partial charge in [-0.2, -0.15) is 0 Å². The van der Waals surface area contributed by atoms with Crippen LogP contribution in [0.2, 0.25) is 0 Å². The Kier molecular flexibility index (Phi) is 13.6. The molecule has 2 aromatic rings. The van der Waals surface area contributed by atoms with Crippen LogP contribution in [0.1, 0.15) is 18.1 Å². The van der Waals surface area contributed by atoms with Crippen molar-refractivity contribution >= 4 is 30.1 Å². The first kappa shape index (κ1) is 40.0. The Labute approximate surface area is 296 Å². The number of phenolic OH excluding ortho intramolecular Hbond substituents is 2. The van der Waals surface area contributed by atoms with E-state index in [1.807, 2.05) is 0 Å². The Balaban J connectivity index is 1.56. The normalized spacial score (nSPS) is 28.8. The number of carbonyl (C=O) groups is 3. The predicted molar refractivity (Wildman–Crippen MR) is 173 cm³/mol. The van der Waals surface area contributed by atoms with Crippen LogP contribution in [0, 0.1) is 0 Å². The van der Waals surface area contributed by atoms with E-state index in [1.165, 1.54) is 62.8 Å². The maximum atomic E-state index is 13.0. The van der Waals surface area contributed by atoms with Gasteiger partial charge < -0.3 is 73.6 Å². The van der Waals surface area contributed by atoms with Crippen LogP contribution in [0.25, 0.3) is 12.2 Å². The smallest absolute Gasteiger partial charge is 0.331 e. The largest absolute Gasteiger partial charge is 0.504 e. The SMILES string of the molecule is COc1cc(/C=C/C(=O)OC[C@H]2O[C@@](CO)(O[C@H]3O[C@H](COC(C)=O)[C@@H](O)[C@H](O)[C@H]3O)[C@@H](OC(=O)/C=C/c3ccc(O)c(OC)c3)[C@@H]2O)ccc1O. The quantitative estimate of drug-likeness (QED) is 0.0706. The molecule has 0 radical (unpaired) electrons. The van der Waals surface area contributed by atoms with Crippen LogP contribution in [-0.4, -0.2) is 142 Å². The Morgan fingerprint density at radius 1 is 0.769 bits per heavy atom. The van der Waals surface area contributed by atoms with Crippen LogP contribution >= 0.6 is 0 Å². The first-order valence-electron chi connectivity index (χ1n) is 15.7. The topological polar surface area (TPSA) is 267 Å². The summed E-state index contributed by atoms with van der Waals surface area (Å²) in [5, 5.41) is 73.1. The van der Waals surface area contributed by atoms with E-state index in [0.29, 0.717) is 11.1 Å². The number of ether oxygens (including phenoxy) is 8. The molecule has 2 aliphatic heterocycles. The van der Waals surface area contributed by atoms with Crippen molar-refractivity contribution in [2.24, 2.45) is 0 Å². The van der Waals surface area contributed by atoms with Gasteiger partial charge in [0.15, 0.2) is 35.4 Å². The van der Waals surface area contributed by atoms with E-state index >= 15 is 0 Å². The van der Waals surface area contributed by atoms with Crippen LogP contribution < -0.4 is 9.47 Å². The molecule has 2 heterocycles. The van der Waals surface area contributed by atoms with Gasteiger partial charge in [-0.25, -0.2) is 9.59 Å². The molecule has 0 bridgehead atoms. The lowest BCUT2D eigenvalue weighted by Gasteiger charge is -2.43. The van der Waals surface area contributed by atoms with Gasteiger partial charge in [0.25, 0.3) is 0 Å². The lowest BCUT2D eigenvalue weighted by molar-refractivity contribution is -0.383. The van der Waals surface area contributed by atoms with Gasteiger partial charge in [-0.3, -0.25) is 4.79 Å². The van der Waals surface area contributed by atoms with E-state index in [9.17, 15) is 50.1 Å². The summed E-state index contributed by atoms with van der Waals surface area (Å²) in [6, 6.07) is 8.50. The molecule has 7 N–H and O–H groups in total. The fourth-order valence-electron chi connectivity index (χ4n) is 5.25. The molecule has 52 heavy (non-hydrogen) atoms. The van der Waals surface area contributed by atoms with E-state index in [1.54, 1.807) is 0 Å². The number of benzene rings is 2. The van der Waals surface area contributed by atoms with Crippen molar-refractivity contribution in [3.8, 4) is 23.0 Å². The predicted octanol–water partition coefficient (Wildman–Crippen LogP) is -0.868. The fraction of sp³-hybridized carbons (Fsp3) is 0.441. The summed E-state index contributed by atoms with van der Waals surface area (Å²) >= 11 is 0. The Hall–Kier alpha value is -4.79. The highest BCUT2D eigenvalue weighted by molar-refractivity contribution is 5.88. The molecule has 0 aliphatic carbocycles. The maximum absolute atomic E-state index is 13.0. The minimum Gasteiger partial charge on any atom is -0.504 e. The Bertz CT molecular complexity index is 1630. The fourth-order valence-corrected chi connectivity index (χ4v) is 5.25. The van der Waals surface area contributed by atoms with Crippen LogP contribution in [0.5, 0.6) is 23.0 Å². The summed E-state index contributed by atoms with van der Waals surface area (Å²) in [6.07, 6.45) is -9.75. The summed E-state index contributed by atoms with van der Waals surface area (Å²) in [6.45, 7) is -1.35. The standard InChI is InChI=1S/C34H40O18/c1-17(36)47-14-24-28(41)30(43)31(44)33(49-24)52-34(16-35)32(50-27(40)11-7-19-5-9-21(38)23(13-19)46-3)29(42)25(51-34)15-48-26(39)10-6-18-4-8-20(37)22(12-18)45-2/h4-13,24-25,28-33,35,37-38,41-44H,14-16H2,1-3H3/b10-6+,11-7+/t24-,25-,28-,29-,30+,31-,32+,33-,34+/m1/s1. The Morgan fingerprint density at radius 3 is 1.87 bits per heavy atom. The lowest BCUT2D eigenvalue weighted by Crippen LogP contribution is -2.63. The van der Waals surface area contributed by atoms with Crippen LogP contribution in [0.3, 0.4) is 0 Å². The van der Waals surface area contributed by atoms with Crippen molar-refractivity contribution in [1.82, 2.24) is 0 Å². The number of aliphatic hydroxyl groups is 5. The van der Waals surface area contributed by atoms with Gasteiger partial charge in [0.05, 0.1) is 14.2 Å². The van der Waals surface area contributed by atoms with Crippen LogP contribution in [-0.2, 0) is 42.8 Å². The molecule has 0 amide bonds. The lowest BCUT2D eigenvalue weighted by atomic mass is 9.99. The highest BCUT2D eigenvalue weighted by Crippen LogP contribution is 2.38. The molecule has 2 saturated heterocycles. The second-order valence-corrected chi connectivity index (χ2v) is 11.6. The molecule has 284 valence electrons. The summed E-state index contributed by atoms with van der Waals surface area (Å²) in [4.78, 5) is 37.0. The summed E-state index contributed by atoms with van der Waals surface area (Å²) in [5.41, 5.74) is 0.862. The number of aliphatic hydroxyl groups excluding tert-OH is 5. The summed E-state index contributed by atoms with van der Waals surface area (Å²) in [7, 11) is 2.68. The van der Waals surface area contributed by atoms with E-state index in [2.05, 4.69) is 0 Å². The molecule has 0 saturated carbocycles. The highest BCUT2D eigenvalue weighted by Gasteiger charge is 2.61. The van der Waals surface area contributed by atoms with Crippen LogP contribution in [0.4, 0.5) is 0 Å². The molecular weight excluding hydrogens is 696 g/mol. The first-order chi connectivity index (χ1) is 24.7. The van der Waals surface area contributed by atoms with Crippen molar-refractivity contribution in [2.75, 3.05) is 34.0 Å². The van der Waals surface area contributed by atoms with Crippen LogP contribution in [0.15, 0.2) is 48.6 Å². The minimum absolute atomic E-state index is 0.114. The van der Waals surface area contributed by atoms with Crippen molar-refractivity contribution in [3.05, 3.63) is 59.7 Å². The number of rotatable bonds is 14. The van der Waals surface area contributed by atoms with Gasteiger partial charge in [0.1, 0.15) is 56.4 Å². The van der Waals surface area contributed by atoms with E-state index in [4.69, 9.17) is 37.9 Å². The third kappa shape index (κ3) is 9.55. The second-order valence-electron chi connectivity index (χ2n) is 11.6. The minimum atomic E-state index is -2.54. The maximum Gasteiger partial charge on any atom is 0.331 e. The summed E-state index contributed by atoms with van der Waals surface area (Å²) < 4.78 is 42.7. The molecule has 2 fully saturated rings. The van der Waals surface area contributed by atoms with Crippen molar-refractivity contribution in [3.63, 3.8) is 0 Å². The monoisotopic (exact) mass is 736 g/mol. The van der Waals surface area contributed by atoms with Crippen molar-refractivity contribution in [1.29, 1.82) is 0 Å². The van der Waals surface area contributed by atoms with Gasteiger partial charge in [-0.15, -0.1) is 0 Å². The first-order valence-corrected chi connectivity index (χ1v) is 15.7. The molecule has 0 spiro atoms. The average molecular weight is 737 g/mol. The average Bonchev–Trinajstić information content (AvgIpc) is 3.38. The van der Waals surface area contributed by atoms with E-state index in [0.717, 1.165) is 19.1 Å². The van der Waals surface area contributed by atoms with Gasteiger partial charge >= 0.3 is 17.9 Å². The number of hydrogen-bond donors (Lipinski definition) is 7. The molecule has 18 nitrogen and oxygen atoms in total. The third-order valence-corrected chi connectivity index (χ3v) is 8.00. The van der Waals surface area contributed by atoms with Gasteiger partial charge in [-0.05, 0) is 47.5 Å². The zero-order valence-electron chi connectivity index (χ0n) is 28.1. The molecule has 2 aliphatic rings. The van der Waals surface area contributed by atoms with E-state index in [-0.39, 0.29) is 23.0 Å². The molecule has 18 heteroatoms. The van der Waals surface area contributed by atoms with E-state index < -0.39 is 92.5 Å². The van der Waals surface area contributed by atoms with Crippen molar-refractivity contribution in [2.45, 2.75) is 61.7 Å². The summed E-state index contributed by atoms with van der Waals surface area (Å²) in [5.74, 6) is -5.30. The number of methoxy groups -OCH3 is 2. The molecule has 0 aromatic heterocycles. The molecular formula is C34H40O18. The molecule has 0 unspecified atom stereocenters.